The summed E-state index contributed by atoms with van der Waals surface area (Å²) in [5.41, 5.74) is 7.89. The largest absolute Gasteiger partial charge is 0.378 e. The summed E-state index contributed by atoms with van der Waals surface area (Å²) in [6.07, 6.45) is 0.806. The Balaban J connectivity index is 2.16. The zero-order valence-corrected chi connectivity index (χ0v) is 14.8. The smallest absolute Gasteiger partial charge is 0.0549 e. The number of nitrogens with one attached hydrogen (secondary N) is 1. The van der Waals surface area contributed by atoms with Gasteiger partial charge >= 0.3 is 0 Å². The Labute approximate surface area is 143 Å². The fourth-order valence-electron chi connectivity index (χ4n) is 2.14. The van der Waals surface area contributed by atoms with Gasteiger partial charge in [0.05, 0.1) is 10.6 Å². The van der Waals surface area contributed by atoms with Crippen molar-refractivity contribution in [1.29, 1.82) is 0 Å². The maximum absolute atomic E-state index is 6.02. The van der Waals surface area contributed by atoms with E-state index in [1.165, 1.54) is 5.56 Å². The number of nitrogens with two attached hydrogens (primary N) is 1. The molecule has 0 radical (unpaired) electrons. The van der Waals surface area contributed by atoms with Crippen LogP contribution in [0.4, 0.5) is 5.69 Å². The van der Waals surface area contributed by atoms with E-state index in [0.717, 1.165) is 21.6 Å². The summed E-state index contributed by atoms with van der Waals surface area (Å²) in [6, 6.07) is 13.6. The highest BCUT2D eigenvalue weighted by Gasteiger charge is 2.23. The summed E-state index contributed by atoms with van der Waals surface area (Å²) in [5.74, 6) is 0. The Bertz CT molecular complexity index is 616. The van der Waals surface area contributed by atoms with Gasteiger partial charge in [-0.1, -0.05) is 35.3 Å². The van der Waals surface area contributed by atoms with Crippen LogP contribution in [0.25, 0.3) is 0 Å². The van der Waals surface area contributed by atoms with Gasteiger partial charge in [-0.25, -0.2) is 0 Å². The zero-order valence-electron chi connectivity index (χ0n) is 11.7. The van der Waals surface area contributed by atoms with Crippen LogP contribution in [-0.2, 0) is 6.42 Å². The summed E-state index contributed by atoms with van der Waals surface area (Å²) in [4.78, 5) is 0. The van der Waals surface area contributed by atoms with Gasteiger partial charge in [0.2, 0.25) is 0 Å². The third-order valence-electron chi connectivity index (χ3n) is 3.32. The Hall–Kier alpha value is -0.740. The van der Waals surface area contributed by atoms with E-state index in [2.05, 4.69) is 28.2 Å². The van der Waals surface area contributed by atoms with Crippen LogP contribution >= 0.6 is 39.1 Å². The number of hydrogen-bond donors (Lipinski definition) is 2. The maximum Gasteiger partial charge on any atom is 0.0549 e. The topological polar surface area (TPSA) is 38.0 Å². The molecule has 21 heavy (non-hydrogen) atoms. The van der Waals surface area contributed by atoms with Crippen LogP contribution in [0.2, 0.25) is 10.0 Å². The van der Waals surface area contributed by atoms with Gasteiger partial charge in [-0.15, -0.1) is 0 Å². The summed E-state index contributed by atoms with van der Waals surface area (Å²) in [5, 5.41) is 4.92. The van der Waals surface area contributed by atoms with Crippen molar-refractivity contribution in [1.82, 2.24) is 0 Å². The second kappa shape index (κ2) is 7.01. The van der Waals surface area contributed by atoms with E-state index in [1.807, 2.05) is 42.5 Å². The minimum atomic E-state index is -0.249. The van der Waals surface area contributed by atoms with Crippen molar-refractivity contribution in [3.8, 4) is 0 Å². The summed E-state index contributed by atoms with van der Waals surface area (Å²) < 4.78 is 0.861. The Morgan fingerprint density at radius 1 is 1.14 bits per heavy atom. The second-order valence-electron chi connectivity index (χ2n) is 5.32. The molecule has 0 aliphatic carbocycles. The molecule has 2 nitrogen and oxygen atoms in total. The molecule has 112 valence electrons. The number of benzene rings is 2. The zero-order chi connectivity index (χ0) is 15.5. The van der Waals surface area contributed by atoms with E-state index < -0.39 is 0 Å². The van der Waals surface area contributed by atoms with E-state index >= 15 is 0 Å². The van der Waals surface area contributed by atoms with Gasteiger partial charge in [0.15, 0.2) is 0 Å². The van der Waals surface area contributed by atoms with Gasteiger partial charge in [-0.3, -0.25) is 0 Å². The first-order valence-electron chi connectivity index (χ1n) is 6.60. The first-order chi connectivity index (χ1) is 9.92. The summed E-state index contributed by atoms with van der Waals surface area (Å²) >= 11 is 15.4. The lowest BCUT2D eigenvalue weighted by Crippen LogP contribution is -2.44. The van der Waals surface area contributed by atoms with Gasteiger partial charge < -0.3 is 11.1 Å². The molecule has 0 amide bonds. The molecule has 0 aliphatic heterocycles. The maximum atomic E-state index is 6.02. The Morgan fingerprint density at radius 2 is 1.81 bits per heavy atom. The fraction of sp³-hybridized carbons (Fsp3) is 0.250. The average Bonchev–Trinajstić information content (AvgIpc) is 2.45. The van der Waals surface area contributed by atoms with Crippen molar-refractivity contribution >= 4 is 44.8 Å². The Kier molecular flexibility index (Phi) is 5.55. The third kappa shape index (κ3) is 4.62. The van der Waals surface area contributed by atoms with E-state index in [9.17, 15) is 0 Å². The monoisotopic (exact) mass is 386 g/mol. The van der Waals surface area contributed by atoms with Crippen molar-refractivity contribution < 1.29 is 0 Å². The first kappa shape index (κ1) is 16.6. The summed E-state index contributed by atoms with van der Waals surface area (Å²) in [7, 11) is 0. The molecular formula is C16H17BrCl2N2. The molecule has 0 spiro atoms. The van der Waals surface area contributed by atoms with Gasteiger partial charge in [-0.05, 0) is 65.2 Å². The van der Waals surface area contributed by atoms with E-state index in [-0.39, 0.29) is 5.54 Å². The normalized spacial score (nSPS) is 13.8. The lowest BCUT2D eigenvalue weighted by Gasteiger charge is -2.31. The molecule has 0 aromatic heterocycles. The van der Waals surface area contributed by atoms with E-state index in [0.29, 0.717) is 11.6 Å². The minimum absolute atomic E-state index is 0.249. The van der Waals surface area contributed by atoms with Crippen molar-refractivity contribution in [3.63, 3.8) is 0 Å². The number of halogens is 3. The molecule has 3 N–H and O–H groups in total. The van der Waals surface area contributed by atoms with Crippen molar-refractivity contribution in [2.24, 2.45) is 5.73 Å². The fourth-order valence-corrected chi connectivity index (χ4v) is 2.76. The molecule has 2 aromatic rings. The molecule has 5 heteroatoms. The van der Waals surface area contributed by atoms with Crippen LogP contribution in [0.15, 0.2) is 46.9 Å². The van der Waals surface area contributed by atoms with Crippen LogP contribution in [0.1, 0.15) is 12.5 Å². The second-order valence-corrected chi connectivity index (χ2v) is 7.02. The predicted molar refractivity (Wildman–Crippen MR) is 95.4 cm³/mol. The van der Waals surface area contributed by atoms with Crippen LogP contribution in [-0.4, -0.2) is 12.1 Å². The van der Waals surface area contributed by atoms with Gasteiger partial charge in [0.25, 0.3) is 0 Å². The minimum Gasteiger partial charge on any atom is -0.378 e. The van der Waals surface area contributed by atoms with Crippen LogP contribution in [0.5, 0.6) is 0 Å². The lowest BCUT2D eigenvalue weighted by atomic mass is 9.92. The summed E-state index contributed by atoms with van der Waals surface area (Å²) in [6.45, 7) is 2.61. The van der Waals surface area contributed by atoms with E-state index in [4.69, 9.17) is 28.9 Å². The average molecular weight is 388 g/mol. The molecule has 0 saturated carbocycles. The van der Waals surface area contributed by atoms with Crippen molar-refractivity contribution in [2.75, 3.05) is 11.9 Å². The molecular weight excluding hydrogens is 371 g/mol. The number of rotatable bonds is 5. The molecule has 0 bridgehead atoms. The third-order valence-corrected chi connectivity index (χ3v) is 4.79. The molecule has 0 heterocycles. The highest BCUT2D eigenvalue weighted by atomic mass is 79.9. The molecule has 0 aliphatic rings. The number of hydrogen-bond acceptors (Lipinski definition) is 2. The standard InChI is InChI=1S/C16H17BrCl2N2/c1-16(10-20,9-11-2-4-12(18)5-3-11)21-13-6-7-15(19)14(17)8-13/h2-8,21H,9-10,20H2,1H3. The molecule has 0 fully saturated rings. The van der Waals surface area contributed by atoms with Crippen LogP contribution in [0.3, 0.4) is 0 Å². The van der Waals surface area contributed by atoms with E-state index in [1.54, 1.807) is 0 Å². The predicted octanol–water partition coefficient (Wildman–Crippen LogP) is 5.13. The van der Waals surface area contributed by atoms with Gasteiger partial charge in [-0.2, -0.15) is 0 Å². The lowest BCUT2D eigenvalue weighted by molar-refractivity contribution is 0.521. The molecule has 2 rings (SSSR count). The first-order valence-corrected chi connectivity index (χ1v) is 8.14. The van der Waals surface area contributed by atoms with Gasteiger partial charge in [0.1, 0.15) is 0 Å². The molecule has 1 unspecified atom stereocenters. The Morgan fingerprint density at radius 3 is 2.38 bits per heavy atom. The molecule has 0 saturated heterocycles. The van der Waals surface area contributed by atoms with Gasteiger partial charge in [0, 0.05) is 21.7 Å². The van der Waals surface area contributed by atoms with Crippen LogP contribution in [0, 0.1) is 0 Å². The van der Waals surface area contributed by atoms with Crippen molar-refractivity contribution in [3.05, 3.63) is 62.5 Å². The highest BCUT2D eigenvalue weighted by Crippen LogP contribution is 2.28. The van der Waals surface area contributed by atoms with Crippen molar-refractivity contribution in [2.45, 2.75) is 18.9 Å². The quantitative estimate of drug-likeness (QED) is 0.746. The highest BCUT2D eigenvalue weighted by molar-refractivity contribution is 9.10. The molecule has 1 atom stereocenters. The number of anilines is 1. The SMILES string of the molecule is CC(CN)(Cc1ccc(Cl)cc1)Nc1ccc(Cl)c(Br)c1. The van der Waals surface area contributed by atoms with Crippen LogP contribution < -0.4 is 11.1 Å². The molecule has 2 aromatic carbocycles.